The number of rotatable bonds is 13. The number of aliphatic imine (C=N–C) groups is 1. The molecule has 238 valence electrons. The van der Waals surface area contributed by atoms with E-state index >= 15 is 0 Å². The average Bonchev–Trinajstić information content (AvgIpc) is 3.07. The number of carbonyl (C=O) groups excluding carboxylic acids is 2. The Morgan fingerprint density at radius 1 is 0.870 bits per heavy atom. The van der Waals surface area contributed by atoms with Crippen molar-refractivity contribution in [2.45, 2.75) is 34.0 Å². The molecular formula is C37H41N5O4. The predicted molar refractivity (Wildman–Crippen MR) is 182 cm³/mol. The Hall–Kier alpha value is -5.46. The van der Waals surface area contributed by atoms with Gasteiger partial charge in [0.1, 0.15) is 24.7 Å². The highest BCUT2D eigenvalue weighted by molar-refractivity contribution is 5.84. The third-order valence-corrected chi connectivity index (χ3v) is 6.72. The number of hydrogen-bond acceptors (Lipinski definition) is 7. The van der Waals surface area contributed by atoms with E-state index in [1.807, 2.05) is 54.6 Å². The molecule has 0 aliphatic carbocycles. The second-order valence-corrected chi connectivity index (χ2v) is 10.3. The summed E-state index contributed by atoms with van der Waals surface area (Å²) in [5.41, 5.74) is 12.0. The molecule has 46 heavy (non-hydrogen) atoms. The lowest BCUT2D eigenvalue weighted by Gasteiger charge is -2.15. The number of amides is 2. The summed E-state index contributed by atoms with van der Waals surface area (Å²) in [5, 5.41) is 14.5. The van der Waals surface area contributed by atoms with Gasteiger partial charge in [-0.3, -0.25) is 14.6 Å². The molecule has 0 saturated carbocycles. The zero-order valence-electron chi connectivity index (χ0n) is 26.6. The van der Waals surface area contributed by atoms with E-state index in [0.717, 1.165) is 16.7 Å². The Labute approximate surface area is 271 Å². The van der Waals surface area contributed by atoms with Crippen molar-refractivity contribution in [3.05, 3.63) is 119 Å². The molecule has 0 fully saturated rings. The fourth-order valence-corrected chi connectivity index (χ4v) is 4.37. The molecule has 4 rings (SSSR count). The zero-order chi connectivity index (χ0) is 33.1. The summed E-state index contributed by atoms with van der Waals surface area (Å²) in [6.45, 7) is 7.79. The van der Waals surface area contributed by atoms with Crippen LogP contribution in [0.25, 0.3) is 11.1 Å². The lowest BCUT2D eigenvalue weighted by atomic mass is 9.97. The second-order valence-electron chi connectivity index (χ2n) is 10.3. The van der Waals surface area contributed by atoms with E-state index in [0.29, 0.717) is 56.5 Å². The van der Waals surface area contributed by atoms with E-state index < -0.39 is 0 Å². The molecule has 0 aromatic heterocycles. The summed E-state index contributed by atoms with van der Waals surface area (Å²) in [7, 11) is 0. The van der Waals surface area contributed by atoms with Crippen molar-refractivity contribution in [3.8, 4) is 28.7 Å². The van der Waals surface area contributed by atoms with E-state index in [2.05, 4.69) is 59.0 Å². The van der Waals surface area contributed by atoms with Crippen LogP contribution in [0.2, 0.25) is 0 Å². The minimum absolute atomic E-state index is 0.0227. The minimum Gasteiger partial charge on any atom is -0.489 e. The van der Waals surface area contributed by atoms with Crippen LogP contribution >= 0.6 is 0 Å². The van der Waals surface area contributed by atoms with Crippen molar-refractivity contribution < 1.29 is 19.1 Å². The highest BCUT2D eigenvalue weighted by Gasteiger charge is 2.10. The summed E-state index contributed by atoms with van der Waals surface area (Å²) < 4.78 is 12.4. The molecular weight excluding hydrogens is 578 g/mol. The Kier molecular flexibility index (Phi) is 14.5. The fraction of sp³-hybridized carbons (Fsp3) is 0.243. The molecule has 9 heteroatoms. The molecule has 4 aromatic rings. The van der Waals surface area contributed by atoms with Gasteiger partial charge in [-0.15, -0.1) is 0 Å². The maximum atomic E-state index is 11.1. The van der Waals surface area contributed by atoms with Gasteiger partial charge in [-0.05, 0) is 59.0 Å². The van der Waals surface area contributed by atoms with Crippen molar-refractivity contribution in [2.24, 2.45) is 10.7 Å². The van der Waals surface area contributed by atoms with Gasteiger partial charge in [-0.1, -0.05) is 60.7 Å². The fourth-order valence-electron chi connectivity index (χ4n) is 4.37. The summed E-state index contributed by atoms with van der Waals surface area (Å²) in [4.78, 5) is 25.6. The summed E-state index contributed by atoms with van der Waals surface area (Å²) in [6.07, 6.45) is 1.74. The number of hydrogen-bond donors (Lipinski definition) is 3. The number of nitrogens with one attached hydrogen (secondary N) is 2. The molecule has 2 amide bonds. The van der Waals surface area contributed by atoms with Crippen LogP contribution in [0, 0.1) is 18.3 Å². The van der Waals surface area contributed by atoms with Gasteiger partial charge in [0, 0.05) is 51.3 Å². The molecule has 4 aromatic carbocycles. The van der Waals surface area contributed by atoms with Crippen LogP contribution in [0.3, 0.4) is 0 Å². The Bertz CT molecular complexity index is 1650. The van der Waals surface area contributed by atoms with Crippen LogP contribution in [0.1, 0.15) is 41.7 Å². The lowest BCUT2D eigenvalue weighted by Crippen LogP contribution is -2.26. The first-order chi connectivity index (χ1) is 22.3. The smallest absolute Gasteiger partial charge is 0.216 e. The van der Waals surface area contributed by atoms with Crippen molar-refractivity contribution >= 4 is 18.0 Å². The first-order valence-corrected chi connectivity index (χ1v) is 15.0. The standard InChI is InChI=1S/C33H31N3O3.C4H10N2O/c1-24-30(12-7-13-32(24)28-10-4-3-5-11-28)23-38-31-15-14-29(21-35-16-17-36-25(2)37)33(19-31)39-22-27-9-6-8-26(18-27)20-34;1-4(7)6-3-2-5/h3-15,18-19,21H,16-17,22-23H2,1-2H3,(H,36,37);2-3,5H2,1H3,(H,6,7). The van der Waals surface area contributed by atoms with Crippen molar-refractivity contribution in [2.75, 3.05) is 26.2 Å². The van der Waals surface area contributed by atoms with Crippen LogP contribution in [-0.2, 0) is 22.8 Å². The molecule has 0 aliphatic heterocycles. The number of carbonyl (C=O) groups is 2. The van der Waals surface area contributed by atoms with Gasteiger partial charge in [0.25, 0.3) is 0 Å². The Morgan fingerprint density at radius 3 is 2.30 bits per heavy atom. The summed E-state index contributed by atoms with van der Waals surface area (Å²) >= 11 is 0. The predicted octanol–water partition coefficient (Wildman–Crippen LogP) is 5.33. The number of nitriles is 1. The van der Waals surface area contributed by atoms with Gasteiger partial charge < -0.3 is 25.8 Å². The first kappa shape index (κ1) is 35.0. The molecule has 0 atom stereocenters. The largest absolute Gasteiger partial charge is 0.489 e. The van der Waals surface area contributed by atoms with E-state index in [1.165, 1.54) is 30.5 Å². The zero-order valence-corrected chi connectivity index (χ0v) is 26.6. The molecule has 0 saturated heterocycles. The van der Waals surface area contributed by atoms with Crippen LogP contribution in [-0.4, -0.2) is 44.2 Å². The number of nitrogens with zero attached hydrogens (tertiary/aromatic N) is 2. The van der Waals surface area contributed by atoms with Gasteiger partial charge in [-0.25, -0.2) is 0 Å². The van der Waals surface area contributed by atoms with E-state index in [9.17, 15) is 14.9 Å². The maximum Gasteiger partial charge on any atom is 0.216 e. The van der Waals surface area contributed by atoms with E-state index in [4.69, 9.17) is 15.2 Å². The van der Waals surface area contributed by atoms with Crippen molar-refractivity contribution in [1.82, 2.24) is 10.6 Å². The molecule has 0 bridgehead atoms. The van der Waals surface area contributed by atoms with Gasteiger partial charge in [-0.2, -0.15) is 5.26 Å². The normalized spacial score (nSPS) is 10.3. The highest BCUT2D eigenvalue weighted by Crippen LogP contribution is 2.28. The Balaban J connectivity index is 0.000000738. The molecule has 0 spiro atoms. The van der Waals surface area contributed by atoms with Crippen molar-refractivity contribution in [1.29, 1.82) is 5.26 Å². The van der Waals surface area contributed by atoms with E-state index in [-0.39, 0.29) is 11.8 Å². The van der Waals surface area contributed by atoms with Crippen molar-refractivity contribution in [3.63, 3.8) is 0 Å². The topological polar surface area (TPSA) is 139 Å². The lowest BCUT2D eigenvalue weighted by molar-refractivity contribution is -0.119. The SMILES string of the molecule is CC(=O)NCCN.CC(=O)NCCN=Cc1ccc(OCc2cccc(-c3ccccc3)c2C)cc1OCc1cccc(C#N)c1. The number of nitrogens with two attached hydrogens (primary N) is 1. The molecule has 0 aliphatic rings. The van der Waals surface area contributed by atoms with Crippen LogP contribution < -0.4 is 25.8 Å². The van der Waals surface area contributed by atoms with Crippen LogP contribution in [0.5, 0.6) is 11.5 Å². The Morgan fingerprint density at radius 2 is 1.61 bits per heavy atom. The number of ether oxygens (including phenoxy) is 2. The molecule has 9 nitrogen and oxygen atoms in total. The quantitative estimate of drug-likeness (QED) is 0.137. The average molecular weight is 620 g/mol. The highest BCUT2D eigenvalue weighted by atomic mass is 16.5. The van der Waals surface area contributed by atoms with Gasteiger partial charge in [0.2, 0.25) is 11.8 Å². The van der Waals surface area contributed by atoms with Gasteiger partial charge >= 0.3 is 0 Å². The minimum atomic E-state index is -0.0835. The molecule has 0 heterocycles. The summed E-state index contributed by atoms with van der Waals surface area (Å²) in [6, 6.07) is 31.7. The molecule has 4 N–H and O–H groups in total. The van der Waals surface area contributed by atoms with Gasteiger partial charge in [0.05, 0.1) is 18.2 Å². The van der Waals surface area contributed by atoms with E-state index in [1.54, 1.807) is 12.3 Å². The monoisotopic (exact) mass is 619 g/mol. The first-order valence-electron chi connectivity index (χ1n) is 15.0. The molecule has 0 unspecified atom stereocenters. The second kappa shape index (κ2) is 19.0. The summed E-state index contributed by atoms with van der Waals surface area (Å²) in [5.74, 6) is 1.19. The third kappa shape index (κ3) is 11.9. The molecule has 0 radical (unpaired) electrons. The third-order valence-electron chi connectivity index (χ3n) is 6.72. The van der Waals surface area contributed by atoms with Crippen LogP contribution in [0.15, 0.2) is 96.0 Å². The maximum absolute atomic E-state index is 11.1. The van der Waals surface area contributed by atoms with Gasteiger partial charge in [0.15, 0.2) is 0 Å². The number of benzene rings is 4. The van der Waals surface area contributed by atoms with Crippen LogP contribution in [0.4, 0.5) is 0 Å².